The summed E-state index contributed by atoms with van der Waals surface area (Å²) in [5.41, 5.74) is 4.25. The Labute approximate surface area is 361 Å². The van der Waals surface area contributed by atoms with E-state index in [0.29, 0.717) is 18.6 Å². The summed E-state index contributed by atoms with van der Waals surface area (Å²) in [6.07, 6.45) is -5.15. The van der Waals surface area contributed by atoms with Crippen LogP contribution >= 0.6 is 47.0 Å². The van der Waals surface area contributed by atoms with Gasteiger partial charge in [0.1, 0.15) is 36.3 Å². The lowest BCUT2D eigenvalue weighted by atomic mass is 9.87. The van der Waals surface area contributed by atoms with Gasteiger partial charge in [0.05, 0.1) is 31.6 Å². The van der Waals surface area contributed by atoms with Crippen molar-refractivity contribution < 1.29 is 85.3 Å². The van der Waals surface area contributed by atoms with E-state index in [1.165, 1.54) is 13.8 Å². The molecule has 348 valence electrons. The molecule has 0 radical (unpaired) electrons. The third-order valence-corrected chi connectivity index (χ3v) is 15.1. The maximum Gasteiger partial charge on any atom is 0.481 e. The quantitative estimate of drug-likeness (QED) is 0.0361. The molecule has 3 aliphatic rings. The van der Waals surface area contributed by atoms with Gasteiger partial charge in [0.2, 0.25) is 11.8 Å². The highest BCUT2D eigenvalue weighted by molar-refractivity contribution is 8.13. The number of hydrogen-bond donors (Lipinski definition) is 11. The maximum absolute atomic E-state index is 12.7. The highest BCUT2D eigenvalue weighted by Crippen LogP contribution is 2.61. The number of carbonyl (C=O) groups is 4. The molecule has 0 aliphatic carbocycles. The van der Waals surface area contributed by atoms with Crippen molar-refractivity contribution in [3.63, 3.8) is 0 Å². The number of imidazole rings is 1. The van der Waals surface area contributed by atoms with Gasteiger partial charge in [-0.1, -0.05) is 25.6 Å². The number of phosphoric ester groups is 3. The molecule has 27 nitrogen and oxygen atoms in total. The highest BCUT2D eigenvalue weighted by Gasteiger charge is 2.50. The van der Waals surface area contributed by atoms with Gasteiger partial charge in [0.25, 0.3) is 0 Å². The summed E-state index contributed by atoms with van der Waals surface area (Å²) in [4.78, 5) is 99.7. The second-order valence-corrected chi connectivity index (χ2v) is 21.5. The van der Waals surface area contributed by atoms with Crippen molar-refractivity contribution in [2.24, 2.45) is 5.41 Å². The van der Waals surface area contributed by atoms with E-state index >= 15 is 0 Å². The first-order valence-electron chi connectivity index (χ1n) is 18.7. The Morgan fingerprint density at radius 2 is 1.81 bits per heavy atom. The molecule has 10 atom stereocenters. The first-order valence-corrected chi connectivity index (χ1v) is 25.2. The number of rotatable bonds is 23. The molecule has 5 heterocycles. The zero-order valence-corrected chi connectivity index (χ0v) is 37.3. The van der Waals surface area contributed by atoms with E-state index in [9.17, 15) is 62.7 Å². The predicted octanol–water partition coefficient (Wildman–Crippen LogP) is -1.000. The van der Waals surface area contributed by atoms with Crippen molar-refractivity contribution in [1.29, 1.82) is 0 Å². The number of hydrogen-bond acceptors (Lipinski definition) is 20. The van der Waals surface area contributed by atoms with Crippen LogP contribution in [0.15, 0.2) is 12.7 Å². The van der Waals surface area contributed by atoms with E-state index < -0.39 is 84.6 Å². The van der Waals surface area contributed by atoms with Crippen LogP contribution in [0.25, 0.3) is 11.2 Å². The number of carbonyl (C=O) groups excluding carboxylic acids is 4. The van der Waals surface area contributed by atoms with Crippen LogP contribution in [0.2, 0.25) is 0 Å². The summed E-state index contributed by atoms with van der Waals surface area (Å²) < 4.78 is 62.3. The molecule has 2 aromatic rings. The van der Waals surface area contributed by atoms with Crippen LogP contribution in [0.3, 0.4) is 0 Å². The lowest BCUT2D eigenvalue weighted by Crippen LogP contribution is -2.46. The van der Waals surface area contributed by atoms with Crippen LogP contribution in [-0.2, 0) is 50.7 Å². The minimum atomic E-state index is -5.58. The lowest BCUT2D eigenvalue weighted by Gasteiger charge is -2.30. The summed E-state index contributed by atoms with van der Waals surface area (Å²) in [5.74, 6) is -0.317. The number of nitrogens with one attached hydrogen (secondary N) is 4. The summed E-state index contributed by atoms with van der Waals surface area (Å²) in [7, 11) is -16.4. The first-order chi connectivity index (χ1) is 28.9. The Bertz CT molecular complexity index is 2100. The van der Waals surface area contributed by atoms with Gasteiger partial charge in [0.15, 0.2) is 22.8 Å². The van der Waals surface area contributed by atoms with Crippen LogP contribution < -0.4 is 27.0 Å². The number of anilines is 1. The third kappa shape index (κ3) is 13.8. The molecule has 0 spiro atoms. The summed E-state index contributed by atoms with van der Waals surface area (Å²) >= 11 is 2.85. The second-order valence-electron chi connectivity index (χ2n) is 14.8. The van der Waals surface area contributed by atoms with E-state index in [2.05, 4.69) is 45.1 Å². The second kappa shape index (κ2) is 21.0. The van der Waals surface area contributed by atoms with Gasteiger partial charge in [-0.15, -0.1) is 0 Å². The number of nitrogen functional groups attached to an aromatic ring is 1. The number of ether oxygens (including phenoxy) is 1. The van der Waals surface area contributed by atoms with Crippen molar-refractivity contribution in [2.75, 3.05) is 43.5 Å². The molecule has 4 amide bonds. The van der Waals surface area contributed by atoms with E-state index in [1.807, 2.05) is 0 Å². The average molecular weight is 980 g/mol. The summed E-state index contributed by atoms with van der Waals surface area (Å²) in [6, 6.07) is 0.0173. The molecule has 32 heteroatoms. The Morgan fingerprint density at radius 3 is 2.53 bits per heavy atom. The van der Waals surface area contributed by atoms with Gasteiger partial charge in [-0.25, -0.2) is 33.4 Å². The number of urea groups is 1. The zero-order valence-electron chi connectivity index (χ0n) is 33.0. The normalized spacial score (nSPS) is 26.3. The number of nitrogens with two attached hydrogens (primary N) is 1. The van der Waals surface area contributed by atoms with Crippen LogP contribution in [0, 0.1) is 5.41 Å². The number of aliphatic hydroxyl groups is 2. The molecule has 0 bridgehead atoms. The maximum atomic E-state index is 12.7. The minimum Gasteiger partial charge on any atom is -0.386 e. The molecule has 3 aliphatic heterocycles. The smallest absolute Gasteiger partial charge is 0.386 e. The average Bonchev–Trinajstić information content (AvgIpc) is 3.94. The Kier molecular flexibility index (Phi) is 17.0. The van der Waals surface area contributed by atoms with Crippen LogP contribution in [0.4, 0.5) is 10.6 Å². The van der Waals surface area contributed by atoms with Crippen LogP contribution in [0.5, 0.6) is 0 Å². The van der Waals surface area contributed by atoms with E-state index in [4.69, 9.17) is 19.5 Å². The molecule has 12 N–H and O–H groups in total. The lowest BCUT2D eigenvalue weighted by molar-refractivity contribution is -0.137. The van der Waals surface area contributed by atoms with Gasteiger partial charge in [-0.2, -0.15) is 16.1 Å². The van der Waals surface area contributed by atoms with Gasteiger partial charge in [-0.05, 0) is 12.8 Å². The van der Waals surface area contributed by atoms with E-state index in [-0.39, 0.29) is 65.0 Å². The Hall–Kier alpha value is -2.82. The number of fused-ring (bicyclic) bond motifs is 2. The fourth-order valence-corrected chi connectivity index (χ4v) is 11.6. The van der Waals surface area contributed by atoms with Crippen molar-refractivity contribution in [2.45, 2.75) is 87.5 Å². The zero-order chi connectivity index (χ0) is 45.6. The van der Waals surface area contributed by atoms with Crippen molar-refractivity contribution in [3.05, 3.63) is 12.7 Å². The van der Waals surface area contributed by atoms with Gasteiger partial charge >= 0.3 is 29.5 Å². The van der Waals surface area contributed by atoms with E-state index in [1.54, 1.807) is 11.8 Å². The summed E-state index contributed by atoms with van der Waals surface area (Å²) in [5, 5.41) is 32.5. The SMILES string of the molecule is CC(C)(COP(=O)(O)OP(=O)(O)OCC1OC(n2cnc3c(N)ncnc32)C(O)C1OP(=O)(O)O)C(O)C(=O)NCCC(=O)NCCSC(=O)CCCC1SCC2NC(=O)NC21. The molecular weight excluding hydrogens is 931 g/mol. The highest BCUT2D eigenvalue weighted by atomic mass is 32.2. The molecule has 62 heavy (non-hydrogen) atoms. The third-order valence-electron chi connectivity index (χ3n) is 9.57. The number of nitrogens with zero attached hydrogens (tertiary/aromatic N) is 4. The number of aliphatic hydroxyl groups excluding tert-OH is 2. The monoisotopic (exact) mass is 979 g/mol. The van der Waals surface area contributed by atoms with E-state index in [0.717, 1.165) is 41.2 Å². The Balaban J connectivity index is 0.993. The van der Waals surface area contributed by atoms with Crippen LogP contribution in [-0.4, -0.2) is 152 Å². The van der Waals surface area contributed by atoms with Crippen molar-refractivity contribution in [1.82, 2.24) is 40.8 Å². The molecule has 5 rings (SSSR count). The molecule has 3 fully saturated rings. The number of thioether (sulfide) groups is 2. The van der Waals surface area contributed by atoms with Crippen molar-refractivity contribution in [3.8, 4) is 0 Å². The van der Waals surface area contributed by atoms with Gasteiger partial charge < -0.3 is 61.5 Å². The topological polar surface area (TPSA) is 405 Å². The molecule has 10 unspecified atom stereocenters. The summed E-state index contributed by atoms with van der Waals surface area (Å²) in [6.45, 7) is 0.437. The fraction of sp³-hybridized carbons (Fsp3) is 0.700. The molecular formula is C30H48N9O18P3S2. The molecule has 0 saturated carbocycles. The van der Waals surface area contributed by atoms with Crippen LogP contribution in [0.1, 0.15) is 45.8 Å². The van der Waals surface area contributed by atoms with Gasteiger partial charge in [-0.3, -0.25) is 32.5 Å². The Morgan fingerprint density at radius 1 is 1.08 bits per heavy atom. The molecule has 0 aromatic carbocycles. The fourth-order valence-electron chi connectivity index (χ4n) is 6.46. The number of amides is 4. The number of phosphoric acid groups is 3. The standard InChI is InChI=1S/C30H48N9O18P3S2/c1-30(2,24(43)27(44)33-7-6-18(40)32-8-9-61-19(41)5-3-4-17-20-15(11-62-17)37-29(45)38-20)12-54-60(51,52)57-59(49,50)53-10-16-23(56-58(46,47)48)22(42)28(55-16)39-14-36-21-25(31)34-13-35-26(21)39/h13-17,20,22-24,28,42-43H,3-12H2,1-2H3,(H,32,40)(H,33,44)(H,49,50)(H,51,52)(H2,31,34,35)(H2,37,38,45)(H2,46,47,48). The number of aromatic nitrogens is 4. The predicted molar refractivity (Wildman–Crippen MR) is 216 cm³/mol. The van der Waals surface area contributed by atoms with Crippen molar-refractivity contribution >= 4 is 86.9 Å². The molecule has 2 aromatic heterocycles. The van der Waals surface area contributed by atoms with Gasteiger partial charge in [0, 0.05) is 48.1 Å². The molecule has 3 saturated heterocycles. The largest absolute Gasteiger partial charge is 0.481 e. The minimum absolute atomic E-state index is 0.0238. The first kappa shape index (κ1) is 50.2.